The zero-order chi connectivity index (χ0) is 17.8. The molecule has 5 nitrogen and oxygen atoms in total. The molecule has 7 heteroatoms. The van der Waals surface area contributed by atoms with E-state index in [1.807, 2.05) is 36.6 Å². The Kier molecular flexibility index (Phi) is 5.65. The Morgan fingerprint density at radius 3 is 2.80 bits per heavy atom. The largest absolute Gasteiger partial charge is 0.349 e. The lowest BCUT2D eigenvalue weighted by Gasteiger charge is -2.17. The second kappa shape index (κ2) is 7.93. The number of fused-ring (bicyclic) bond motifs is 1. The first kappa shape index (κ1) is 17.8. The Labute approximate surface area is 157 Å². The van der Waals surface area contributed by atoms with E-state index in [1.165, 1.54) is 22.2 Å². The highest BCUT2D eigenvalue weighted by atomic mass is 79.9. The molecule has 1 N–H and O–H groups in total. The molecule has 1 aromatic carbocycles. The van der Waals surface area contributed by atoms with Crippen LogP contribution < -0.4 is 10.9 Å². The number of benzene rings is 1. The molecule has 0 radical (unpaired) electrons. The summed E-state index contributed by atoms with van der Waals surface area (Å²) in [6, 6.07) is 9.66. The van der Waals surface area contributed by atoms with Crippen molar-refractivity contribution in [1.29, 1.82) is 0 Å². The monoisotopic (exact) mass is 419 g/mol. The van der Waals surface area contributed by atoms with Gasteiger partial charge in [-0.2, -0.15) is 0 Å². The number of hydrogen-bond acceptors (Lipinski definition) is 4. The van der Waals surface area contributed by atoms with Gasteiger partial charge < -0.3 is 5.32 Å². The number of halogens is 1. The fourth-order valence-corrected chi connectivity index (χ4v) is 3.64. The minimum atomic E-state index is -0.0981. The minimum Gasteiger partial charge on any atom is -0.349 e. The Morgan fingerprint density at radius 2 is 2.08 bits per heavy atom. The second-order valence-electron chi connectivity index (χ2n) is 5.71. The Bertz CT molecular complexity index is 933. The molecule has 0 unspecified atom stereocenters. The Balaban J connectivity index is 1.64. The van der Waals surface area contributed by atoms with Crippen LogP contribution in [0.1, 0.15) is 31.4 Å². The number of amides is 1. The van der Waals surface area contributed by atoms with Crippen molar-refractivity contribution in [2.24, 2.45) is 0 Å². The molecule has 0 saturated heterocycles. The molecule has 0 fully saturated rings. The van der Waals surface area contributed by atoms with Crippen LogP contribution in [0, 0.1) is 0 Å². The average molecular weight is 420 g/mol. The summed E-state index contributed by atoms with van der Waals surface area (Å²) < 4.78 is 2.50. The van der Waals surface area contributed by atoms with Crippen LogP contribution in [-0.4, -0.2) is 15.5 Å². The van der Waals surface area contributed by atoms with Crippen molar-refractivity contribution in [3.63, 3.8) is 0 Å². The summed E-state index contributed by atoms with van der Waals surface area (Å²) in [7, 11) is 0. The van der Waals surface area contributed by atoms with Gasteiger partial charge in [0.1, 0.15) is 4.83 Å². The molecule has 2 heterocycles. The van der Waals surface area contributed by atoms with E-state index in [1.54, 1.807) is 6.07 Å². The van der Waals surface area contributed by atoms with E-state index in [-0.39, 0.29) is 23.9 Å². The Hall–Kier alpha value is -1.99. The van der Waals surface area contributed by atoms with Crippen LogP contribution in [0.5, 0.6) is 0 Å². The third-order valence-corrected chi connectivity index (χ3v) is 5.40. The number of carbonyl (C=O) groups excluding carboxylic acids is 1. The van der Waals surface area contributed by atoms with Gasteiger partial charge in [-0.05, 0) is 35.6 Å². The van der Waals surface area contributed by atoms with Crippen molar-refractivity contribution < 1.29 is 4.79 Å². The van der Waals surface area contributed by atoms with Gasteiger partial charge in [-0.25, -0.2) is 4.98 Å². The second-order valence-corrected chi connectivity index (χ2v) is 7.52. The normalized spacial score (nSPS) is 12.2. The first-order valence-electron chi connectivity index (χ1n) is 8.06. The van der Waals surface area contributed by atoms with E-state index in [0.29, 0.717) is 11.9 Å². The van der Waals surface area contributed by atoms with Crippen molar-refractivity contribution in [3.05, 3.63) is 62.4 Å². The van der Waals surface area contributed by atoms with Gasteiger partial charge in [0, 0.05) is 17.4 Å². The zero-order valence-electron chi connectivity index (χ0n) is 13.7. The predicted molar refractivity (Wildman–Crippen MR) is 104 cm³/mol. The highest BCUT2D eigenvalue weighted by Gasteiger charge is 2.13. The average Bonchev–Trinajstić information content (AvgIpc) is 3.09. The molecule has 0 spiro atoms. The molecule has 130 valence electrons. The van der Waals surface area contributed by atoms with Gasteiger partial charge in [0.25, 0.3) is 5.56 Å². The first-order chi connectivity index (χ1) is 12.1. The molecule has 2 aromatic heterocycles. The number of carbonyl (C=O) groups is 1. The zero-order valence-corrected chi connectivity index (χ0v) is 16.1. The summed E-state index contributed by atoms with van der Waals surface area (Å²) in [4.78, 5) is 29.6. The van der Waals surface area contributed by atoms with E-state index in [2.05, 4.69) is 26.2 Å². The smallest absolute Gasteiger partial charge is 0.262 e. The van der Waals surface area contributed by atoms with Crippen LogP contribution >= 0.6 is 27.3 Å². The maximum absolute atomic E-state index is 12.3. The molecule has 3 aromatic rings. The summed E-state index contributed by atoms with van der Waals surface area (Å²) >= 11 is 4.85. The number of aryl methyl sites for hydroxylation is 1. The van der Waals surface area contributed by atoms with Crippen LogP contribution in [0.2, 0.25) is 0 Å². The van der Waals surface area contributed by atoms with Gasteiger partial charge in [-0.3, -0.25) is 14.2 Å². The highest BCUT2D eigenvalue weighted by Crippen LogP contribution is 2.19. The molecule has 25 heavy (non-hydrogen) atoms. The molecule has 0 aliphatic carbocycles. The van der Waals surface area contributed by atoms with Crippen LogP contribution in [0.25, 0.3) is 10.2 Å². The van der Waals surface area contributed by atoms with Crippen molar-refractivity contribution in [3.8, 4) is 0 Å². The molecule has 1 amide bonds. The molecule has 3 rings (SSSR count). The predicted octanol–water partition coefficient (Wildman–Crippen LogP) is 3.88. The van der Waals surface area contributed by atoms with Crippen LogP contribution in [0.15, 0.2) is 51.3 Å². The quantitative estimate of drug-likeness (QED) is 0.659. The molecule has 0 saturated carbocycles. The number of aromatic nitrogens is 2. The summed E-state index contributed by atoms with van der Waals surface area (Å²) in [5, 5.41) is 5.49. The fourth-order valence-electron chi connectivity index (χ4n) is 2.66. The van der Waals surface area contributed by atoms with Crippen LogP contribution in [0.4, 0.5) is 0 Å². The van der Waals surface area contributed by atoms with Crippen LogP contribution in [0.3, 0.4) is 0 Å². The molecular formula is C18H18BrN3O2S. The van der Waals surface area contributed by atoms with Gasteiger partial charge in [-0.1, -0.05) is 35.0 Å². The van der Waals surface area contributed by atoms with Gasteiger partial charge in [-0.15, -0.1) is 11.3 Å². The lowest BCUT2D eigenvalue weighted by molar-refractivity contribution is -0.122. The number of hydrogen-bond donors (Lipinski definition) is 1. The minimum absolute atomic E-state index is 0.0326. The lowest BCUT2D eigenvalue weighted by atomic mass is 10.0. The third-order valence-electron chi connectivity index (χ3n) is 4.05. The molecule has 0 bridgehead atoms. The van der Waals surface area contributed by atoms with E-state index < -0.39 is 0 Å². The Morgan fingerprint density at radius 1 is 1.32 bits per heavy atom. The number of rotatable bonds is 6. The topological polar surface area (TPSA) is 64.0 Å². The summed E-state index contributed by atoms with van der Waals surface area (Å²) in [6.45, 7) is 2.35. The van der Waals surface area contributed by atoms with Gasteiger partial charge >= 0.3 is 0 Å². The molecule has 0 aliphatic rings. The van der Waals surface area contributed by atoms with Gasteiger partial charge in [0.15, 0.2) is 0 Å². The molecule has 0 aliphatic heterocycles. The van der Waals surface area contributed by atoms with E-state index in [4.69, 9.17) is 0 Å². The van der Waals surface area contributed by atoms with Crippen molar-refractivity contribution >= 4 is 43.4 Å². The SMILES string of the molecule is CC[C@@H](NC(=O)CCn1cnc2sccc2c1=O)c1ccc(Br)cc1. The maximum Gasteiger partial charge on any atom is 0.262 e. The number of nitrogens with zero attached hydrogens (tertiary/aromatic N) is 2. The number of thiophene rings is 1. The highest BCUT2D eigenvalue weighted by molar-refractivity contribution is 9.10. The van der Waals surface area contributed by atoms with Crippen molar-refractivity contribution in [1.82, 2.24) is 14.9 Å². The van der Waals surface area contributed by atoms with E-state index in [0.717, 1.165) is 21.3 Å². The van der Waals surface area contributed by atoms with Gasteiger partial charge in [0.2, 0.25) is 5.91 Å². The summed E-state index contributed by atoms with van der Waals surface area (Å²) in [5.41, 5.74) is 0.969. The third kappa shape index (κ3) is 4.16. The van der Waals surface area contributed by atoms with Crippen LogP contribution in [-0.2, 0) is 11.3 Å². The fraction of sp³-hybridized carbons (Fsp3) is 0.278. The summed E-state index contributed by atoms with van der Waals surface area (Å²) in [5.74, 6) is -0.0768. The molecule has 1 atom stereocenters. The van der Waals surface area contributed by atoms with Crippen molar-refractivity contribution in [2.75, 3.05) is 0 Å². The molecular weight excluding hydrogens is 402 g/mol. The summed E-state index contributed by atoms with van der Waals surface area (Å²) in [6.07, 6.45) is 2.56. The van der Waals surface area contributed by atoms with Gasteiger partial charge in [0.05, 0.1) is 17.8 Å². The number of nitrogens with one attached hydrogen (secondary N) is 1. The standard InChI is InChI=1S/C18H18BrN3O2S/c1-2-15(12-3-5-13(19)6-4-12)21-16(23)7-9-22-11-20-17-14(18(22)24)8-10-25-17/h3-6,8,10-11,15H,2,7,9H2,1H3,(H,21,23)/t15-/m1/s1. The first-order valence-corrected chi connectivity index (χ1v) is 9.73. The van der Waals surface area contributed by atoms with E-state index in [9.17, 15) is 9.59 Å². The maximum atomic E-state index is 12.3. The van der Waals surface area contributed by atoms with Crippen molar-refractivity contribution in [2.45, 2.75) is 32.4 Å². The van der Waals surface area contributed by atoms with E-state index >= 15 is 0 Å². The lowest BCUT2D eigenvalue weighted by Crippen LogP contribution is -2.30.